The summed E-state index contributed by atoms with van der Waals surface area (Å²) in [6.45, 7) is 4.07. The van der Waals surface area contributed by atoms with Crippen LogP contribution in [-0.2, 0) is 24.8 Å². The van der Waals surface area contributed by atoms with Crippen LogP contribution >= 0.6 is 0 Å². The normalized spacial score (nSPS) is 22.1. The van der Waals surface area contributed by atoms with Gasteiger partial charge < -0.3 is 24.1 Å². The first-order chi connectivity index (χ1) is 22.4. The molecule has 1 N–H and O–H groups in total. The summed E-state index contributed by atoms with van der Waals surface area (Å²) in [4.78, 5) is 33.2. The number of fused-ring (bicyclic) bond motifs is 5. The second kappa shape index (κ2) is 10.2. The Morgan fingerprint density at radius 3 is 2.59 bits per heavy atom. The smallest absolute Gasteiger partial charge is 0.254 e. The van der Waals surface area contributed by atoms with Crippen LogP contribution in [0, 0.1) is 17.8 Å². The molecule has 3 fully saturated rings. The lowest BCUT2D eigenvalue weighted by Gasteiger charge is -2.27. The van der Waals surface area contributed by atoms with Crippen LogP contribution in [0.3, 0.4) is 0 Å². The Labute approximate surface area is 268 Å². The molecule has 2 aliphatic heterocycles. The van der Waals surface area contributed by atoms with E-state index in [9.17, 15) is 9.59 Å². The number of hydrogen-bond donors (Lipinski definition) is 1. The van der Waals surface area contributed by atoms with Gasteiger partial charge in [-0.3, -0.25) is 9.59 Å². The molecule has 2 amide bonds. The molecule has 2 unspecified atom stereocenters. The highest BCUT2D eigenvalue weighted by molar-refractivity contribution is 6.01. The predicted octanol–water partition coefficient (Wildman–Crippen LogP) is 7.04. The number of carbonyl (C=O) groups is 2. The standard InChI is InChI=1S/C38H39N5O3/c1-21-27-10-12-31(21)43(20-27)38(45)28-15-30-36(34(18-28)46-3)41(2)37(40-30)33-17-26-9-8-25(16-32(26)42(33)19-22-4-5-22)24-7-6-23-11-13-35(44)39-29(23)14-24/h6-9,14-18,21-22,27,31H,4-5,10-13,19-20H2,1-3H3,(H,39,44)/t21-,27?,31?/m1/s1. The summed E-state index contributed by atoms with van der Waals surface area (Å²) >= 11 is 0. The lowest BCUT2D eigenvalue weighted by molar-refractivity contribution is -0.116. The molecule has 2 aromatic heterocycles. The Hall–Kier alpha value is -4.59. The summed E-state index contributed by atoms with van der Waals surface area (Å²) in [5, 5.41) is 4.22. The quantitative estimate of drug-likeness (QED) is 0.223. The largest absolute Gasteiger partial charge is 0.494 e. The molecular formula is C38H39N5O3. The van der Waals surface area contributed by atoms with Crippen molar-refractivity contribution >= 4 is 39.4 Å². The van der Waals surface area contributed by atoms with Crippen LogP contribution in [0.15, 0.2) is 54.6 Å². The van der Waals surface area contributed by atoms with Crippen LogP contribution in [0.25, 0.3) is 44.6 Å². The average molecular weight is 614 g/mol. The van der Waals surface area contributed by atoms with E-state index in [1.165, 1.54) is 35.7 Å². The van der Waals surface area contributed by atoms with E-state index in [-0.39, 0.29) is 11.8 Å². The lowest BCUT2D eigenvalue weighted by atomic mass is 9.97. The first kappa shape index (κ1) is 27.7. The lowest BCUT2D eigenvalue weighted by Crippen LogP contribution is -2.38. The fourth-order valence-corrected chi connectivity index (χ4v) is 8.45. The third kappa shape index (κ3) is 4.29. The van der Waals surface area contributed by atoms with Crippen molar-refractivity contribution in [3.8, 4) is 28.4 Å². The molecule has 4 aliphatic rings. The van der Waals surface area contributed by atoms with Gasteiger partial charge in [0.05, 0.1) is 18.3 Å². The van der Waals surface area contributed by atoms with Gasteiger partial charge in [-0.05, 0) is 96.9 Å². The number of anilines is 1. The topological polar surface area (TPSA) is 81.4 Å². The highest BCUT2D eigenvalue weighted by atomic mass is 16.5. The second-order valence-corrected chi connectivity index (χ2v) is 14.0. The average Bonchev–Trinajstić information content (AvgIpc) is 3.47. The Balaban J connectivity index is 1.14. The van der Waals surface area contributed by atoms with E-state index >= 15 is 0 Å². The number of piperidine rings is 1. The summed E-state index contributed by atoms with van der Waals surface area (Å²) < 4.78 is 10.5. The van der Waals surface area contributed by atoms with Gasteiger partial charge >= 0.3 is 0 Å². The monoisotopic (exact) mass is 613 g/mol. The second-order valence-electron chi connectivity index (χ2n) is 14.0. The van der Waals surface area contributed by atoms with E-state index in [0.29, 0.717) is 41.5 Å². The molecule has 2 saturated carbocycles. The van der Waals surface area contributed by atoms with Crippen molar-refractivity contribution in [2.24, 2.45) is 24.8 Å². The number of hydrogen-bond acceptors (Lipinski definition) is 4. The molecule has 8 heteroatoms. The van der Waals surface area contributed by atoms with Crippen LogP contribution in [0.4, 0.5) is 5.69 Å². The van der Waals surface area contributed by atoms with Crippen LogP contribution < -0.4 is 10.1 Å². The predicted molar refractivity (Wildman–Crippen MR) is 180 cm³/mol. The van der Waals surface area contributed by atoms with Gasteiger partial charge in [0.15, 0.2) is 5.82 Å². The first-order valence-corrected chi connectivity index (χ1v) is 16.8. The molecule has 3 aromatic carbocycles. The van der Waals surface area contributed by atoms with Gasteiger partial charge in [0.1, 0.15) is 11.3 Å². The number of benzene rings is 3. The molecule has 9 rings (SSSR count). The van der Waals surface area contributed by atoms with E-state index in [0.717, 1.165) is 65.3 Å². The van der Waals surface area contributed by atoms with Gasteiger partial charge in [-0.2, -0.15) is 0 Å². The third-order valence-electron chi connectivity index (χ3n) is 11.3. The number of imidazole rings is 1. The van der Waals surface area contributed by atoms with Crippen molar-refractivity contribution < 1.29 is 14.3 Å². The minimum atomic E-state index is 0.0799. The van der Waals surface area contributed by atoms with Crippen molar-refractivity contribution in [2.75, 3.05) is 19.0 Å². The van der Waals surface area contributed by atoms with Crippen LogP contribution in [-0.4, -0.2) is 50.5 Å². The number of aromatic nitrogens is 3. The molecule has 8 nitrogen and oxygen atoms in total. The highest BCUT2D eigenvalue weighted by Gasteiger charge is 2.46. The van der Waals surface area contributed by atoms with Gasteiger partial charge in [-0.25, -0.2) is 4.98 Å². The zero-order chi connectivity index (χ0) is 31.3. The molecule has 0 radical (unpaired) electrons. The maximum Gasteiger partial charge on any atom is 0.254 e. The zero-order valence-electron chi connectivity index (χ0n) is 26.7. The Kier molecular flexibility index (Phi) is 6.15. The van der Waals surface area contributed by atoms with Gasteiger partial charge in [-0.1, -0.05) is 31.2 Å². The summed E-state index contributed by atoms with van der Waals surface area (Å²) in [7, 11) is 3.72. The number of carbonyl (C=O) groups excluding carboxylic acids is 2. The van der Waals surface area contributed by atoms with Crippen molar-refractivity contribution in [2.45, 2.75) is 58.0 Å². The van der Waals surface area contributed by atoms with Crippen molar-refractivity contribution in [3.63, 3.8) is 0 Å². The fraction of sp³-hybridized carbons (Fsp3) is 0.395. The summed E-state index contributed by atoms with van der Waals surface area (Å²) in [5.74, 6) is 3.54. The Morgan fingerprint density at radius 1 is 1.00 bits per heavy atom. The molecule has 3 atom stereocenters. The molecule has 4 heterocycles. The molecule has 0 spiro atoms. The number of nitrogens with one attached hydrogen (secondary N) is 1. The zero-order valence-corrected chi connectivity index (χ0v) is 26.7. The van der Waals surface area contributed by atoms with E-state index < -0.39 is 0 Å². The maximum absolute atomic E-state index is 13.8. The number of ether oxygens (including phenoxy) is 1. The van der Waals surface area contributed by atoms with Crippen LogP contribution in [0.5, 0.6) is 5.75 Å². The van der Waals surface area contributed by atoms with Gasteiger partial charge in [0.25, 0.3) is 5.91 Å². The van der Waals surface area contributed by atoms with Gasteiger partial charge in [0, 0.05) is 54.8 Å². The molecule has 2 aliphatic carbocycles. The SMILES string of the molecule is COc1cc(C(=O)N2CC3CCC2[C@@H]3C)cc2nc(-c3cc4ccc(-c5ccc6c(c5)NC(=O)CC6)cc4n3CC3CC3)n(C)c12. The maximum atomic E-state index is 13.8. The first-order valence-electron chi connectivity index (χ1n) is 16.8. The summed E-state index contributed by atoms with van der Waals surface area (Å²) in [6.07, 6.45) is 6.12. The number of amides is 2. The van der Waals surface area contributed by atoms with Gasteiger partial charge in [-0.15, -0.1) is 0 Å². The summed E-state index contributed by atoms with van der Waals surface area (Å²) in [5.41, 5.74) is 8.88. The highest BCUT2D eigenvalue weighted by Crippen LogP contribution is 2.44. The molecule has 234 valence electrons. The minimum absolute atomic E-state index is 0.0799. The molecule has 5 aromatic rings. The van der Waals surface area contributed by atoms with Crippen LogP contribution in [0.2, 0.25) is 0 Å². The Morgan fingerprint density at radius 2 is 1.83 bits per heavy atom. The van der Waals surface area contributed by atoms with E-state index in [1.807, 2.05) is 19.2 Å². The van der Waals surface area contributed by atoms with Crippen molar-refractivity contribution in [1.82, 2.24) is 19.0 Å². The van der Waals surface area contributed by atoms with Crippen molar-refractivity contribution in [3.05, 3.63) is 65.7 Å². The fourth-order valence-electron chi connectivity index (χ4n) is 8.45. The van der Waals surface area contributed by atoms with Crippen LogP contribution in [0.1, 0.15) is 54.9 Å². The number of methoxy groups -OCH3 is 1. The number of likely N-dealkylation sites (tertiary alicyclic amines) is 1. The van der Waals surface area contributed by atoms with E-state index in [4.69, 9.17) is 9.72 Å². The Bertz CT molecular complexity index is 2090. The third-order valence-corrected chi connectivity index (χ3v) is 11.3. The molecular weight excluding hydrogens is 574 g/mol. The minimum Gasteiger partial charge on any atom is -0.494 e. The molecule has 46 heavy (non-hydrogen) atoms. The number of rotatable bonds is 6. The van der Waals surface area contributed by atoms with E-state index in [2.05, 4.69) is 68.7 Å². The van der Waals surface area contributed by atoms with Crippen molar-refractivity contribution in [1.29, 1.82) is 0 Å². The summed E-state index contributed by atoms with van der Waals surface area (Å²) in [6, 6.07) is 19.5. The van der Waals surface area contributed by atoms with E-state index in [1.54, 1.807) is 7.11 Å². The molecule has 2 bridgehead atoms. The molecule has 1 saturated heterocycles. The number of nitrogens with zero attached hydrogens (tertiary/aromatic N) is 4. The van der Waals surface area contributed by atoms with Gasteiger partial charge in [0.2, 0.25) is 5.91 Å². The number of aryl methyl sites for hydroxylation is 2.